The first-order valence-corrected chi connectivity index (χ1v) is 10.3. The van der Waals surface area contributed by atoms with Gasteiger partial charge in [0.25, 0.3) is 17.4 Å². The number of hydrogen-bond acceptors (Lipinski definition) is 6. The van der Waals surface area contributed by atoms with Gasteiger partial charge < -0.3 is 9.84 Å². The average Bonchev–Trinajstić information content (AvgIpc) is 3.10. The van der Waals surface area contributed by atoms with E-state index in [1.165, 1.54) is 29.2 Å². The van der Waals surface area contributed by atoms with Crippen LogP contribution >= 0.6 is 0 Å². The maximum absolute atomic E-state index is 13.1. The first-order valence-electron chi connectivity index (χ1n) is 10.3. The molecule has 4 rings (SSSR count). The number of rotatable bonds is 6. The third kappa shape index (κ3) is 4.06. The number of carbonyl (C=O) groups is 2. The molecule has 1 amide bonds. The van der Waals surface area contributed by atoms with Crippen molar-refractivity contribution in [3.05, 3.63) is 106 Å². The molecule has 1 saturated heterocycles. The Balaban J connectivity index is 1.91. The van der Waals surface area contributed by atoms with Crippen molar-refractivity contribution in [1.29, 1.82) is 0 Å². The summed E-state index contributed by atoms with van der Waals surface area (Å²) in [5, 5.41) is 22.3. The minimum atomic E-state index is -0.928. The average molecular weight is 444 g/mol. The molecule has 1 N–H and O–H groups in total. The Kier molecular flexibility index (Phi) is 5.91. The van der Waals surface area contributed by atoms with Gasteiger partial charge in [0, 0.05) is 23.4 Å². The summed E-state index contributed by atoms with van der Waals surface area (Å²) in [6.07, 6.45) is 0. The quantitative estimate of drug-likeness (QED) is 0.195. The summed E-state index contributed by atoms with van der Waals surface area (Å²) < 4.78 is 5.48. The van der Waals surface area contributed by atoms with Crippen LogP contribution in [0.3, 0.4) is 0 Å². The lowest BCUT2D eigenvalue weighted by molar-refractivity contribution is -0.384. The van der Waals surface area contributed by atoms with Gasteiger partial charge in [0.15, 0.2) is 0 Å². The van der Waals surface area contributed by atoms with Gasteiger partial charge in [0.1, 0.15) is 11.5 Å². The highest BCUT2D eigenvalue weighted by atomic mass is 16.6. The molecular formula is C25H20N2O6. The van der Waals surface area contributed by atoms with Crippen LogP contribution in [0.5, 0.6) is 5.75 Å². The lowest BCUT2D eigenvalue weighted by Gasteiger charge is -2.25. The molecule has 0 bridgehead atoms. The van der Waals surface area contributed by atoms with E-state index in [0.29, 0.717) is 23.6 Å². The van der Waals surface area contributed by atoms with E-state index >= 15 is 0 Å². The molecule has 0 saturated carbocycles. The van der Waals surface area contributed by atoms with Crippen LogP contribution in [0.4, 0.5) is 11.4 Å². The summed E-state index contributed by atoms with van der Waals surface area (Å²) in [4.78, 5) is 38.1. The van der Waals surface area contributed by atoms with Crippen LogP contribution in [0.25, 0.3) is 5.76 Å². The van der Waals surface area contributed by atoms with Crippen LogP contribution in [0.15, 0.2) is 84.4 Å². The van der Waals surface area contributed by atoms with Gasteiger partial charge in [-0.2, -0.15) is 0 Å². The van der Waals surface area contributed by atoms with E-state index in [-0.39, 0.29) is 16.8 Å². The zero-order valence-corrected chi connectivity index (χ0v) is 17.7. The number of non-ortho nitro benzene ring substituents is 1. The normalized spacial score (nSPS) is 17.2. The number of ketones is 1. The number of aliphatic hydroxyl groups is 1. The highest BCUT2D eigenvalue weighted by Gasteiger charge is 2.47. The molecule has 8 nitrogen and oxygen atoms in total. The van der Waals surface area contributed by atoms with Crippen LogP contribution in [0.2, 0.25) is 0 Å². The summed E-state index contributed by atoms with van der Waals surface area (Å²) in [5.74, 6) is -1.53. The SMILES string of the molecule is CCOc1ccc(C2/C(=C(/O)c3cccc([N+](=O)[O-])c3)C(=O)C(=O)N2c2ccccc2)cc1. The Morgan fingerprint density at radius 1 is 1.03 bits per heavy atom. The minimum absolute atomic E-state index is 0.0752. The monoisotopic (exact) mass is 444 g/mol. The highest BCUT2D eigenvalue weighted by Crippen LogP contribution is 2.42. The predicted molar refractivity (Wildman–Crippen MR) is 122 cm³/mol. The van der Waals surface area contributed by atoms with E-state index in [1.807, 2.05) is 6.92 Å². The number of aliphatic hydroxyl groups excluding tert-OH is 1. The number of para-hydroxylation sites is 1. The molecule has 0 aromatic heterocycles. The van der Waals surface area contributed by atoms with Gasteiger partial charge in [0.05, 0.1) is 23.1 Å². The first-order chi connectivity index (χ1) is 15.9. The van der Waals surface area contributed by atoms with E-state index in [0.717, 1.165) is 0 Å². The molecule has 3 aromatic rings. The number of anilines is 1. The molecule has 8 heteroatoms. The second kappa shape index (κ2) is 8.96. The maximum atomic E-state index is 13.1. The van der Waals surface area contributed by atoms with Crippen molar-refractivity contribution in [2.75, 3.05) is 11.5 Å². The fourth-order valence-corrected chi connectivity index (χ4v) is 3.84. The lowest BCUT2D eigenvalue weighted by atomic mass is 9.95. The smallest absolute Gasteiger partial charge is 0.300 e. The van der Waals surface area contributed by atoms with Crippen LogP contribution in [0, 0.1) is 10.1 Å². The van der Waals surface area contributed by atoms with E-state index < -0.39 is 28.4 Å². The molecule has 0 spiro atoms. The molecule has 0 aliphatic carbocycles. The summed E-state index contributed by atoms with van der Waals surface area (Å²) in [6, 6.07) is 19.9. The minimum Gasteiger partial charge on any atom is -0.507 e. The summed E-state index contributed by atoms with van der Waals surface area (Å²) in [5.41, 5.74) is 0.749. The van der Waals surface area contributed by atoms with E-state index in [9.17, 15) is 24.8 Å². The third-order valence-electron chi connectivity index (χ3n) is 5.32. The van der Waals surface area contributed by atoms with E-state index in [1.54, 1.807) is 54.6 Å². The van der Waals surface area contributed by atoms with Crippen molar-refractivity contribution >= 4 is 28.8 Å². The fourth-order valence-electron chi connectivity index (χ4n) is 3.84. The molecule has 1 aliphatic rings. The van der Waals surface area contributed by atoms with E-state index in [4.69, 9.17) is 4.74 Å². The maximum Gasteiger partial charge on any atom is 0.300 e. The number of amides is 1. The molecule has 1 aliphatic heterocycles. The van der Waals surface area contributed by atoms with Gasteiger partial charge in [-0.05, 0) is 36.8 Å². The zero-order chi connectivity index (χ0) is 23.5. The molecular weight excluding hydrogens is 424 g/mol. The number of nitro benzene ring substituents is 1. The number of ether oxygens (including phenoxy) is 1. The molecule has 1 unspecified atom stereocenters. The summed E-state index contributed by atoms with van der Waals surface area (Å²) in [7, 11) is 0. The predicted octanol–water partition coefficient (Wildman–Crippen LogP) is 4.62. The van der Waals surface area contributed by atoms with Crippen molar-refractivity contribution in [2.45, 2.75) is 13.0 Å². The van der Waals surface area contributed by atoms with Crippen LogP contribution in [-0.4, -0.2) is 28.3 Å². The van der Waals surface area contributed by atoms with Crippen molar-refractivity contribution < 1.29 is 24.4 Å². The number of Topliss-reactive ketones (excluding diaryl/α,β-unsaturated/α-hetero) is 1. The van der Waals surface area contributed by atoms with Crippen molar-refractivity contribution in [3.63, 3.8) is 0 Å². The molecule has 166 valence electrons. The number of benzene rings is 3. The second-order valence-electron chi connectivity index (χ2n) is 7.31. The molecule has 3 aromatic carbocycles. The van der Waals surface area contributed by atoms with Crippen LogP contribution < -0.4 is 9.64 Å². The molecule has 33 heavy (non-hydrogen) atoms. The van der Waals surface area contributed by atoms with Gasteiger partial charge in [-0.25, -0.2) is 0 Å². The highest BCUT2D eigenvalue weighted by molar-refractivity contribution is 6.51. The Labute approximate surface area is 189 Å². The molecule has 1 atom stereocenters. The Hall–Kier alpha value is -4.46. The van der Waals surface area contributed by atoms with Crippen molar-refractivity contribution in [2.24, 2.45) is 0 Å². The van der Waals surface area contributed by atoms with Gasteiger partial charge in [-0.1, -0.05) is 42.5 Å². The molecule has 0 radical (unpaired) electrons. The number of nitrogens with zero attached hydrogens (tertiary/aromatic N) is 2. The number of hydrogen-bond donors (Lipinski definition) is 1. The third-order valence-corrected chi connectivity index (χ3v) is 5.32. The van der Waals surface area contributed by atoms with Gasteiger partial charge in [0.2, 0.25) is 0 Å². The van der Waals surface area contributed by atoms with Gasteiger partial charge in [-0.15, -0.1) is 0 Å². The summed E-state index contributed by atoms with van der Waals surface area (Å²) in [6.45, 7) is 2.34. The second-order valence-corrected chi connectivity index (χ2v) is 7.31. The zero-order valence-electron chi connectivity index (χ0n) is 17.7. The van der Waals surface area contributed by atoms with Crippen molar-refractivity contribution in [3.8, 4) is 5.75 Å². The lowest BCUT2D eigenvalue weighted by Crippen LogP contribution is -2.29. The van der Waals surface area contributed by atoms with Gasteiger partial charge >= 0.3 is 0 Å². The summed E-state index contributed by atoms with van der Waals surface area (Å²) >= 11 is 0. The van der Waals surface area contributed by atoms with Gasteiger partial charge in [-0.3, -0.25) is 24.6 Å². The topological polar surface area (TPSA) is 110 Å². The largest absolute Gasteiger partial charge is 0.507 e. The van der Waals surface area contributed by atoms with Crippen LogP contribution in [0.1, 0.15) is 24.1 Å². The fraction of sp³-hybridized carbons (Fsp3) is 0.120. The number of nitro groups is 1. The standard InChI is InChI=1S/C25H20N2O6/c1-2-33-20-13-11-16(12-14-20)22-21(23(28)17-7-6-10-19(15-17)27(31)32)24(29)25(30)26(22)18-8-4-3-5-9-18/h3-15,22,28H,2H2,1H3/b23-21-. The molecule has 1 heterocycles. The Morgan fingerprint density at radius 2 is 1.73 bits per heavy atom. The Morgan fingerprint density at radius 3 is 2.36 bits per heavy atom. The van der Waals surface area contributed by atoms with E-state index in [2.05, 4.69) is 0 Å². The number of carbonyl (C=O) groups excluding carboxylic acids is 2. The van der Waals surface area contributed by atoms with Crippen molar-refractivity contribution in [1.82, 2.24) is 0 Å². The first kappa shape index (κ1) is 21.8. The Bertz CT molecular complexity index is 1250. The van der Waals surface area contributed by atoms with Crippen LogP contribution in [-0.2, 0) is 9.59 Å². The molecule has 1 fully saturated rings.